The van der Waals surface area contributed by atoms with Crippen LogP contribution in [0.25, 0.3) is 20.9 Å². The summed E-state index contributed by atoms with van der Waals surface area (Å²) in [7, 11) is 0. The monoisotopic (exact) mass is 378 g/mol. The summed E-state index contributed by atoms with van der Waals surface area (Å²) in [6.07, 6.45) is 0.440. The fourth-order valence-electron chi connectivity index (χ4n) is 2.29. The molecule has 0 fully saturated rings. The average molecular weight is 379 g/mol. The van der Waals surface area contributed by atoms with Crippen LogP contribution in [-0.4, -0.2) is 30.6 Å². The minimum atomic E-state index is -0.199. The number of rotatable bonds is 3. The SMILES string of the molecule is O=c1[nH]c(Cc2ccc(Cl)c(Cl)c2)nc2cc(-c3nn[nH]n3)sc12. The van der Waals surface area contributed by atoms with Crippen LogP contribution in [0.5, 0.6) is 0 Å². The first kappa shape index (κ1) is 15.3. The third-order valence-corrected chi connectivity index (χ3v) is 5.21. The number of aromatic nitrogens is 6. The lowest BCUT2D eigenvalue weighted by atomic mass is 10.1. The molecule has 0 bridgehead atoms. The molecule has 120 valence electrons. The Kier molecular flexibility index (Phi) is 3.79. The summed E-state index contributed by atoms with van der Waals surface area (Å²) in [6, 6.07) is 7.09. The standard InChI is InChI=1S/C14H8Cl2N6OS/c15-7-2-1-6(3-8(7)16)4-11-17-9-5-10(13-19-21-22-20-13)24-12(9)14(23)18-11/h1-3,5H,4H2,(H,17,18,23)(H,19,20,21,22). The van der Waals surface area contributed by atoms with Gasteiger partial charge in [-0.05, 0) is 29.0 Å². The number of fused-ring (bicyclic) bond motifs is 1. The van der Waals surface area contributed by atoms with Crippen LogP contribution in [0.15, 0.2) is 29.1 Å². The Morgan fingerprint density at radius 1 is 1.17 bits per heavy atom. The Morgan fingerprint density at radius 2 is 2.04 bits per heavy atom. The molecule has 0 atom stereocenters. The van der Waals surface area contributed by atoms with Crippen LogP contribution in [0.3, 0.4) is 0 Å². The minimum Gasteiger partial charge on any atom is -0.309 e. The molecule has 0 amide bonds. The number of benzene rings is 1. The van der Waals surface area contributed by atoms with Crippen LogP contribution < -0.4 is 5.56 Å². The van der Waals surface area contributed by atoms with Gasteiger partial charge in [0.05, 0.1) is 20.4 Å². The van der Waals surface area contributed by atoms with Crippen molar-refractivity contribution in [3.63, 3.8) is 0 Å². The van der Waals surface area contributed by atoms with Gasteiger partial charge in [-0.3, -0.25) is 4.79 Å². The molecule has 0 saturated heterocycles. The molecule has 0 aliphatic heterocycles. The summed E-state index contributed by atoms with van der Waals surface area (Å²) in [5.41, 5.74) is 1.30. The minimum absolute atomic E-state index is 0.199. The molecular weight excluding hydrogens is 371 g/mol. The van der Waals surface area contributed by atoms with E-state index < -0.39 is 0 Å². The van der Waals surface area contributed by atoms with Gasteiger partial charge in [-0.1, -0.05) is 29.3 Å². The van der Waals surface area contributed by atoms with E-state index in [2.05, 4.69) is 30.6 Å². The molecule has 24 heavy (non-hydrogen) atoms. The van der Waals surface area contributed by atoms with Gasteiger partial charge in [0.2, 0.25) is 5.82 Å². The molecule has 3 aromatic heterocycles. The normalized spacial score (nSPS) is 11.2. The number of H-pyrrole nitrogens is 2. The van der Waals surface area contributed by atoms with Gasteiger partial charge >= 0.3 is 0 Å². The number of hydrogen-bond acceptors (Lipinski definition) is 6. The third-order valence-electron chi connectivity index (χ3n) is 3.35. The van der Waals surface area contributed by atoms with E-state index in [0.29, 0.717) is 38.3 Å². The second kappa shape index (κ2) is 5.97. The molecule has 1 aromatic carbocycles. The first-order valence-electron chi connectivity index (χ1n) is 6.80. The van der Waals surface area contributed by atoms with Crippen LogP contribution in [0.4, 0.5) is 0 Å². The van der Waals surface area contributed by atoms with Crippen LogP contribution in [0, 0.1) is 0 Å². The maximum Gasteiger partial charge on any atom is 0.268 e. The van der Waals surface area contributed by atoms with E-state index >= 15 is 0 Å². The second-order valence-corrected chi connectivity index (χ2v) is 6.86. The first-order chi connectivity index (χ1) is 11.6. The molecule has 0 aliphatic carbocycles. The summed E-state index contributed by atoms with van der Waals surface area (Å²) in [5, 5.41) is 14.7. The van der Waals surface area contributed by atoms with Crippen molar-refractivity contribution < 1.29 is 0 Å². The predicted molar refractivity (Wildman–Crippen MR) is 92.7 cm³/mol. The van der Waals surface area contributed by atoms with Gasteiger partial charge in [-0.2, -0.15) is 5.21 Å². The van der Waals surface area contributed by atoms with Crippen LogP contribution in [0.2, 0.25) is 10.0 Å². The number of nitrogens with zero attached hydrogens (tertiary/aromatic N) is 4. The van der Waals surface area contributed by atoms with Gasteiger partial charge in [-0.15, -0.1) is 21.5 Å². The molecule has 0 spiro atoms. The molecule has 7 nitrogen and oxygen atoms in total. The smallest absolute Gasteiger partial charge is 0.268 e. The van der Waals surface area contributed by atoms with E-state index in [0.717, 1.165) is 10.4 Å². The Balaban J connectivity index is 1.74. The van der Waals surface area contributed by atoms with E-state index in [4.69, 9.17) is 23.2 Å². The lowest BCUT2D eigenvalue weighted by Gasteiger charge is -2.03. The fourth-order valence-corrected chi connectivity index (χ4v) is 3.53. The van der Waals surface area contributed by atoms with Crippen molar-refractivity contribution in [2.75, 3.05) is 0 Å². The summed E-state index contributed by atoms with van der Waals surface area (Å²) in [6.45, 7) is 0. The van der Waals surface area contributed by atoms with E-state index in [9.17, 15) is 4.79 Å². The van der Waals surface area contributed by atoms with E-state index in [1.54, 1.807) is 18.2 Å². The largest absolute Gasteiger partial charge is 0.309 e. The van der Waals surface area contributed by atoms with Gasteiger partial charge in [0.1, 0.15) is 10.5 Å². The lowest BCUT2D eigenvalue weighted by Crippen LogP contribution is -2.10. The molecule has 10 heteroatoms. The van der Waals surface area contributed by atoms with Gasteiger partial charge in [0, 0.05) is 6.42 Å². The maximum absolute atomic E-state index is 12.3. The van der Waals surface area contributed by atoms with Gasteiger partial charge in [0.25, 0.3) is 5.56 Å². The van der Waals surface area contributed by atoms with Crippen molar-refractivity contribution in [3.8, 4) is 10.7 Å². The molecular formula is C14H8Cl2N6OS. The second-order valence-electron chi connectivity index (χ2n) is 5.00. The van der Waals surface area contributed by atoms with E-state index in [1.807, 2.05) is 6.07 Å². The highest BCUT2D eigenvalue weighted by atomic mass is 35.5. The number of nitrogens with one attached hydrogen (secondary N) is 2. The van der Waals surface area contributed by atoms with Crippen molar-refractivity contribution in [2.45, 2.75) is 6.42 Å². The number of hydrogen-bond donors (Lipinski definition) is 2. The summed E-state index contributed by atoms with van der Waals surface area (Å²) in [4.78, 5) is 20.3. The third kappa shape index (κ3) is 2.79. The first-order valence-corrected chi connectivity index (χ1v) is 8.38. The van der Waals surface area contributed by atoms with Gasteiger partial charge < -0.3 is 4.98 Å². The Bertz CT molecular complexity index is 1090. The number of thiophene rings is 1. The van der Waals surface area contributed by atoms with Crippen LogP contribution in [0.1, 0.15) is 11.4 Å². The molecule has 0 aliphatic rings. The highest BCUT2D eigenvalue weighted by Gasteiger charge is 2.13. The number of tetrazole rings is 1. The van der Waals surface area contributed by atoms with Crippen molar-refractivity contribution in [1.82, 2.24) is 30.6 Å². The maximum atomic E-state index is 12.3. The van der Waals surface area contributed by atoms with E-state index in [1.165, 1.54) is 11.3 Å². The van der Waals surface area contributed by atoms with Crippen molar-refractivity contribution in [3.05, 3.63) is 56.1 Å². The highest BCUT2D eigenvalue weighted by Crippen LogP contribution is 2.28. The van der Waals surface area contributed by atoms with Crippen LogP contribution in [-0.2, 0) is 6.42 Å². The van der Waals surface area contributed by atoms with Gasteiger partial charge in [-0.25, -0.2) is 4.98 Å². The molecule has 4 aromatic rings. The van der Waals surface area contributed by atoms with Crippen molar-refractivity contribution in [2.24, 2.45) is 0 Å². The number of halogens is 2. The predicted octanol–water partition coefficient (Wildman–Crippen LogP) is 3.06. The molecule has 2 N–H and O–H groups in total. The van der Waals surface area contributed by atoms with Crippen LogP contribution >= 0.6 is 34.5 Å². The Hall–Kier alpha value is -2.29. The molecule has 0 saturated carbocycles. The van der Waals surface area contributed by atoms with Gasteiger partial charge in [0.15, 0.2) is 0 Å². The molecule has 3 heterocycles. The number of aromatic amines is 2. The highest BCUT2D eigenvalue weighted by molar-refractivity contribution is 7.22. The summed E-state index contributed by atoms with van der Waals surface area (Å²) < 4.78 is 0.521. The fraction of sp³-hybridized carbons (Fsp3) is 0.0714. The average Bonchev–Trinajstić information content (AvgIpc) is 3.20. The zero-order chi connectivity index (χ0) is 16.7. The lowest BCUT2D eigenvalue weighted by molar-refractivity contribution is 0.881. The Labute approximate surface area is 148 Å². The zero-order valence-electron chi connectivity index (χ0n) is 11.9. The molecule has 4 rings (SSSR count). The molecule has 0 radical (unpaired) electrons. The summed E-state index contributed by atoms with van der Waals surface area (Å²) in [5.74, 6) is 0.979. The van der Waals surface area contributed by atoms with E-state index in [-0.39, 0.29) is 5.56 Å². The summed E-state index contributed by atoms with van der Waals surface area (Å²) >= 11 is 13.2. The zero-order valence-corrected chi connectivity index (χ0v) is 14.2. The quantitative estimate of drug-likeness (QED) is 0.570. The Morgan fingerprint density at radius 3 is 2.79 bits per heavy atom. The van der Waals surface area contributed by atoms with Crippen molar-refractivity contribution in [1.29, 1.82) is 0 Å². The topological polar surface area (TPSA) is 100 Å². The molecule has 0 unspecified atom stereocenters. The van der Waals surface area contributed by atoms with Crippen molar-refractivity contribution >= 4 is 44.8 Å².